The highest BCUT2D eigenvalue weighted by Gasteiger charge is 2.19. The van der Waals surface area contributed by atoms with Gasteiger partial charge in [-0.15, -0.1) is 10.2 Å². The van der Waals surface area contributed by atoms with Crippen LogP contribution in [0.4, 0.5) is 0 Å². The van der Waals surface area contributed by atoms with E-state index >= 15 is 0 Å². The summed E-state index contributed by atoms with van der Waals surface area (Å²) in [5.74, 6) is 2.04. The Hall–Kier alpha value is -4.69. The molecule has 42 heavy (non-hydrogen) atoms. The van der Waals surface area contributed by atoms with Gasteiger partial charge in [0, 0.05) is 11.3 Å². The number of nitrogens with zero attached hydrogens (tertiary/aromatic N) is 4. The minimum atomic E-state index is -0.248. The highest BCUT2D eigenvalue weighted by Crippen LogP contribution is 2.30. The molecule has 0 unspecified atom stereocenters. The predicted molar refractivity (Wildman–Crippen MR) is 170 cm³/mol. The molecule has 5 rings (SSSR count). The van der Waals surface area contributed by atoms with Gasteiger partial charge < -0.3 is 4.74 Å². The molecule has 0 aliphatic carbocycles. The van der Waals surface area contributed by atoms with E-state index in [9.17, 15) is 4.79 Å². The summed E-state index contributed by atoms with van der Waals surface area (Å²) in [6, 6.07) is 33.7. The Morgan fingerprint density at radius 2 is 1.62 bits per heavy atom. The number of hydrogen-bond donors (Lipinski definition) is 1. The van der Waals surface area contributed by atoms with Crippen molar-refractivity contribution >= 4 is 23.9 Å². The maximum absolute atomic E-state index is 12.7. The highest BCUT2D eigenvalue weighted by molar-refractivity contribution is 7.99. The van der Waals surface area contributed by atoms with Crippen molar-refractivity contribution in [2.45, 2.75) is 38.3 Å². The number of benzene rings is 4. The number of amides is 1. The Balaban J connectivity index is 1.27. The Labute approximate surface area is 250 Å². The number of carbonyl (C=O) groups is 1. The van der Waals surface area contributed by atoms with Gasteiger partial charge in [0.15, 0.2) is 11.0 Å². The first-order chi connectivity index (χ1) is 20.3. The molecular formula is C34H33N5O2S. The van der Waals surface area contributed by atoms with E-state index < -0.39 is 0 Å². The smallest absolute Gasteiger partial charge is 0.250 e. The lowest BCUT2D eigenvalue weighted by atomic mass is 9.87. The third kappa shape index (κ3) is 7.33. The van der Waals surface area contributed by atoms with E-state index in [0.717, 1.165) is 34.0 Å². The molecule has 1 N–H and O–H groups in total. The zero-order valence-corrected chi connectivity index (χ0v) is 24.9. The molecule has 212 valence electrons. The molecule has 0 bridgehead atoms. The Morgan fingerprint density at radius 3 is 2.33 bits per heavy atom. The molecular weight excluding hydrogens is 542 g/mol. The van der Waals surface area contributed by atoms with Crippen molar-refractivity contribution in [3.05, 3.63) is 120 Å². The number of aryl methyl sites for hydroxylation is 1. The van der Waals surface area contributed by atoms with Crippen molar-refractivity contribution in [3.63, 3.8) is 0 Å². The van der Waals surface area contributed by atoms with Crippen LogP contribution in [-0.4, -0.2) is 32.6 Å². The summed E-state index contributed by atoms with van der Waals surface area (Å²) in [7, 11) is 0. The summed E-state index contributed by atoms with van der Waals surface area (Å²) >= 11 is 1.31. The third-order valence-corrected chi connectivity index (χ3v) is 7.44. The van der Waals surface area contributed by atoms with Gasteiger partial charge in [0.25, 0.3) is 5.91 Å². The number of rotatable bonds is 9. The molecule has 0 fully saturated rings. The minimum Gasteiger partial charge on any atom is -0.457 e. The molecule has 0 saturated carbocycles. The average molecular weight is 576 g/mol. The first-order valence-electron chi connectivity index (χ1n) is 13.7. The maximum atomic E-state index is 12.7. The first kappa shape index (κ1) is 28.8. The molecule has 0 aliphatic heterocycles. The van der Waals surface area contributed by atoms with Crippen molar-refractivity contribution < 1.29 is 9.53 Å². The molecule has 0 aliphatic rings. The number of para-hydroxylation sites is 1. The van der Waals surface area contributed by atoms with E-state index in [1.54, 1.807) is 6.21 Å². The van der Waals surface area contributed by atoms with E-state index in [1.807, 2.05) is 71.3 Å². The summed E-state index contributed by atoms with van der Waals surface area (Å²) in [5.41, 5.74) is 7.75. The summed E-state index contributed by atoms with van der Waals surface area (Å²) < 4.78 is 7.87. The maximum Gasteiger partial charge on any atom is 0.250 e. The number of hydrazone groups is 1. The van der Waals surface area contributed by atoms with Crippen molar-refractivity contribution in [3.8, 4) is 28.6 Å². The molecule has 1 amide bonds. The number of aromatic nitrogens is 3. The van der Waals surface area contributed by atoms with Gasteiger partial charge in [0.2, 0.25) is 0 Å². The molecule has 0 atom stereocenters. The number of hydrogen-bond acceptors (Lipinski definition) is 6. The molecule has 5 aromatic rings. The fourth-order valence-corrected chi connectivity index (χ4v) is 4.96. The monoisotopic (exact) mass is 575 g/mol. The summed E-state index contributed by atoms with van der Waals surface area (Å²) in [5, 5.41) is 13.7. The molecule has 0 saturated heterocycles. The molecule has 1 heterocycles. The molecule has 0 radical (unpaired) electrons. The summed E-state index contributed by atoms with van der Waals surface area (Å²) in [6.45, 7) is 8.63. The topological polar surface area (TPSA) is 81.4 Å². The SMILES string of the molecule is Cc1ccc(-n2c(SCC(=O)N/N=C/c3cccc(Oc4ccccc4)c3)nnc2-c2ccc(C(C)(C)C)cc2)cc1. The number of nitrogens with one attached hydrogen (secondary N) is 1. The Morgan fingerprint density at radius 1 is 0.905 bits per heavy atom. The highest BCUT2D eigenvalue weighted by atomic mass is 32.2. The zero-order valence-electron chi connectivity index (χ0n) is 24.1. The van der Waals surface area contributed by atoms with Gasteiger partial charge in [-0.05, 0) is 59.9 Å². The van der Waals surface area contributed by atoms with E-state index in [-0.39, 0.29) is 17.1 Å². The van der Waals surface area contributed by atoms with Gasteiger partial charge in [-0.2, -0.15) is 5.10 Å². The summed E-state index contributed by atoms with van der Waals surface area (Å²) in [4.78, 5) is 12.7. The van der Waals surface area contributed by atoms with Crippen molar-refractivity contribution in [1.82, 2.24) is 20.2 Å². The second-order valence-electron chi connectivity index (χ2n) is 10.9. The van der Waals surface area contributed by atoms with Crippen molar-refractivity contribution in [1.29, 1.82) is 0 Å². The lowest BCUT2D eigenvalue weighted by Gasteiger charge is -2.19. The van der Waals surface area contributed by atoms with Crippen LogP contribution in [0, 0.1) is 6.92 Å². The van der Waals surface area contributed by atoms with Gasteiger partial charge in [-0.3, -0.25) is 9.36 Å². The lowest BCUT2D eigenvalue weighted by molar-refractivity contribution is -0.118. The molecule has 0 spiro atoms. The second kappa shape index (κ2) is 12.9. The molecule has 8 heteroatoms. The van der Waals surface area contributed by atoms with E-state index in [0.29, 0.717) is 10.9 Å². The van der Waals surface area contributed by atoms with Crippen LogP contribution in [0.5, 0.6) is 11.5 Å². The zero-order chi connectivity index (χ0) is 29.5. The van der Waals surface area contributed by atoms with Gasteiger partial charge in [-0.1, -0.05) is 105 Å². The van der Waals surface area contributed by atoms with Gasteiger partial charge in [0.1, 0.15) is 11.5 Å². The molecule has 7 nitrogen and oxygen atoms in total. The molecule has 4 aromatic carbocycles. The lowest BCUT2D eigenvalue weighted by Crippen LogP contribution is -2.20. The fraction of sp³-hybridized carbons (Fsp3) is 0.176. The van der Waals surface area contributed by atoms with Crippen LogP contribution in [0.25, 0.3) is 17.1 Å². The minimum absolute atomic E-state index is 0.0543. The summed E-state index contributed by atoms with van der Waals surface area (Å²) in [6.07, 6.45) is 1.59. The largest absolute Gasteiger partial charge is 0.457 e. The van der Waals surface area contributed by atoms with Crippen LogP contribution in [0.1, 0.15) is 37.5 Å². The van der Waals surface area contributed by atoms with E-state index in [4.69, 9.17) is 4.74 Å². The third-order valence-electron chi connectivity index (χ3n) is 6.51. The average Bonchev–Trinajstić information content (AvgIpc) is 3.41. The van der Waals surface area contributed by atoms with Crippen LogP contribution in [0.15, 0.2) is 113 Å². The van der Waals surface area contributed by atoms with Gasteiger partial charge in [0.05, 0.1) is 12.0 Å². The van der Waals surface area contributed by atoms with Crippen molar-refractivity contribution in [2.24, 2.45) is 5.10 Å². The van der Waals surface area contributed by atoms with Crippen LogP contribution in [0.2, 0.25) is 0 Å². The van der Waals surface area contributed by atoms with Crippen LogP contribution in [0.3, 0.4) is 0 Å². The van der Waals surface area contributed by atoms with E-state index in [1.165, 1.54) is 17.3 Å². The predicted octanol–water partition coefficient (Wildman–Crippen LogP) is 7.57. The van der Waals surface area contributed by atoms with E-state index in [2.05, 4.69) is 84.8 Å². The van der Waals surface area contributed by atoms with Crippen LogP contribution < -0.4 is 10.2 Å². The normalized spacial score (nSPS) is 11.5. The second-order valence-corrected chi connectivity index (χ2v) is 11.8. The first-order valence-corrected chi connectivity index (χ1v) is 14.7. The standard InChI is InChI=1S/C34H33N5O2S/c1-24-13-19-28(20-14-24)39-32(26-15-17-27(18-16-26)34(2,3)4)37-38-33(39)42-23-31(40)36-35-22-25-9-8-12-30(21-25)41-29-10-6-5-7-11-29/h5-22H,23H2,1-4H3,(H,36,40)/b35-22+. The molecule has 1 aromatic heterocycles. The Bertz CT molecular complexity index is 1670. The van der Waals surface area contributed by atoms with Gasteiger partial charge >= 0.3 is 0 Å². The number of thioether (sulfide) groups is 1. The quantitative estimate of drug-likeness (QED) is 0.111. The fourth-order valence-electron chi connectivity index (χ4n) is 4.22. The van der Waals surface area contributed by atoms with Gasteiger partial charge in [-0.25, -0.2) is 5.43 Å². The van der Waals surface area contributed by atoms with Crippen LogP contribution >= 0.6 is 11.8 Å². The number of carbonyl (C=O) groups excluding carboxylic acids is 1. The van der Waals surface area contributed by atoms with Crippen LogP contribution in [-0.2, 0) is 10.2 Å². The number of ether oxygens (including phenoxy) is 1. The van der Waals surface area contributed by atoms with Crippen molar-refractivity contribution in [2.75, 3.05) is 5.75 Å². The Kier molecular flexibility index (Phi) is 8.83.